The van der Waals surface area contributed by atoms with Gasteiger partial charge in [-0.1, -0.05) is 39.8 Å². The molecule has 0 aliphatic heterocycles. The van der Waals surface area contributed by atoms with E-state index in [-0.39, 0.29) is 17.7 Å². The Morgan fingerprint density at radius 2 is 2.04 bits per heavy atom. The lowest BCUT2D eigenvalue weighted by atomic mass is 9.92. The molecule has 3 aromatic rings. The fourth-order valence-electron chi connectivity index (χ4n) is 2.74. The first-order chi connectivity index (χ1) is 12.8. The molecule has 1 N–H and O–H groups in total. The van der Waals surface area contributed by atoms with Crippen LogP contribution in [0.2, 0.25) is 0 Å². The number of nitrogens with one attached hydrogen (secondary N) is 1. The van der Waals surface area contributed by atoms with Crippen molar-refractivity contribution in [3.8, 4) is 5.69 Å². The molecule has 2 heterocycles. The van der Waals surface area contributed by atoms with Crippen LogP contribution in [0.3, 0.4) is 0 Å². The number of amides is 1. The van der Waals surface area contributed by atoms with E-state index in [0.29, 0.717) is 5.82 Å². The van der Waals surface area contributed by atoms with Crippen molar-refractivity contribution < 1.29 is 4.79 Å². The fourth-order valence-corrected chi connectivity index (χ4v) is 3.48. The van der Waals surface area contributed by atoms with Gasteiger partial charge in [0.2, 0.25) is 5.91 Å². The maximum atomic E-state index is 12.6. The molecule has 5 nitrogen and oxygen atoms in total. The first-order valence-corrected chi connectivity index (χ1v) is 10.0. The minimum absolute atomic E-state index is 0.0859. The number of carbonyl (C=O) groups excluding carboxylic acids is 1. The quantitative estimate of drug-likeness (QED) is 0.697. The zero-order chi connectivity index (χ0) is 19.6. The number of anilines is 1. The number of nitrogens with zero attached hydrogens (tertiary/aromatic N) is 3. The van der Waals surface area contributed by atoms with Crippen molar-refractivity contribution in [1.29, 1.82) is 0 Å². The molecule has 0 saturated heterocycles. The lowest BCUT2D eigenvalue weighted by molar-refractivity contribution is -0.115. The van der Waals surface area contributed by atoms with Gasteiger partial charge in [-0.05, 0) is 31.0 Å². The maximum absolute atomic E-state index is 12.6. The van der Waals surface area contributed by atoms with Crippen LogP contribution < -0.4 is 5.32 Å². The van der Waals surface area contributed by atoms with Crippen molar-refractivity contribution in [2.75, 3.05) is 5.32 Å². The summed E-state index contributed by atoms with van der Waals surface area (Å²) in [5.41, 5.74) is 3.71. The Morgan fingerprint density at radius 3 is 2.67 bits per heavy atom. The Labute approximate surface area is 164 Å². The molecule has 0 aliphatic rings. The topological polar surface area (TPSA) is 59.8 Å². The van der Waals surface area contributed by atoms with E-state index in [9.17, 15) is 4.79 Å². The van der Waals surface area contributed by atoms with Gasteiger partial charge in [-0.2, -0.15) is 5.10 Å². The molecule has 0 atom stereocenters. The molecule has 27 heavy (non-hydrogen) atoms. The summed E-state index contributed by atoms with van der Waals surface area (Å²) < 4.78 is 1.81. The number of hydrogen-bond acceptors (Lipinski definition) is 4. The van der Waals surface area contributed by atoms with Gasteiger partial charge >= 0.3 is 0 Å². The summed E-state index contributed by atoms with van der Waals surface area (Å²) in [6.45, 7) is 10.5. The first-order valence-electron chi connectivity index (χ1n) is 9.17. The van der Waals surface area contributed by atoms with E-state index in [4.69, 9.17) is 5.10 Å². The number of aryl methyl sites for hydroxylation is 2. The molecule has 0 bridgehead atoms. The lowest BCUT2D eigenvalue weighted by Crippen LogP contribution is -2.17. The predicted molar refractivity (Wildman–Crippen MR) is 111 cm³/mol. The molecule has 0 aliphatic carbocycles. The fraction of sp³-hybridized carbons (Fsp3) is 0.381. The molecule has 142 valence electrons. The maximum Gasteiger partial charge on any atom is 0.231 e. The average Bonchev–Trinajstić information content (AvgIpc) is 3.21. The third kappa shape index (κ3) is 4.63. The van der Waals surface area contributed by atoms with Gasteiger partial charge in [0, 0.05) is 16.9 Å². The van der Waals surface area contributed by atoms with Crippen molar-refractivity contribution in [3.63, 3.8) is 0 Å². The highest BCUT2D eigenvalue weighted by Gasteiger charge is 2.21. The number of aromatic nitrogens is 3. The van der Waals surface area contributed by atoms with Crippen molar-refractivity contribution in [3.05, 3.63) is 57.7 Å². The molecule has 0 spiro atoms. The molecular formula is C21H26N4OS. The largest absolute Gasteiger partial charge is 0.310 e. The van der Waals surface area contributed by atoms with Crippen LogP contribution in [0.1, 0.15) is 49.7 Å². The summed E-state index contributed by atoms with van der Waals surface area (Å²) in [7, 11) is 0. The molecule has 0 saturated carbocycles. The minimum Gasteiger partial charge on any atom is -0.310 e. The van der Waals surface area contributed by atoms with Crippen LogP contribution in [-0.4, -0.2) is 20.7 Å². The molecule has 1 aromatic carbocycles. The number of thiazole rings is 1. The van der Waals surface area contributed by atoms with Crippen molar-refractivity contribution >= 4 is 23.1 Å². The van der Waals surface area contributed by atoms with Crippen LogP contribution in [-0.2, 0) is 23.1 Å². The highest BCUT2D eigenvalue weighted by atomic mass is 32.1. The molecule has 0 fully saturated rings. The average molecular weight is 383 g/mol. The molecule has 6 heteroatoms. The second kappa shape index (κ2) is 7.64. The zero-order valence-corrected chi connectivity index (χ0v) is 17.4. The highest BCUT2D eigenvalue weighted by molar-refractivity contribution is 7.09. The van der Waals surface area contributed by atoms with Crippen molar-refractivity contribution in [1.82, 2.24) is 14.8 Å². The summed E-state index contributed by atoms with van der Waals surface area (Å²) in [5, 5.41) is 10.8. The second-order valence-electron chi connectivity index (χ2n) is 7.73. The summed E-state index contributed by atoms with van der Waals surface area (Å²) in [4.78, 5) is 17.1. The Balaban J connectivity index is 1.88. The molecule has 3 rings (SSSR count). The van der Waals surface area contributed by atoms with Crippen LogP contribution in [0.4, 0.5) is 5.82 Å². The highest BCUT2D eigenvalue weighted by Crippen LogP contribution is 2.26. The van der Waals surface area contributed by atoms with Gasteiger partial charge in [-0.3, -0.25) is 4.79 Å². The van der Waals surface area contributed by atoms with E-state index in [1.807, 2.05) is 41.3 Å². The van der Waals surface area contributed by atoms with Gasteiger partial charge in [0.25, 0.3) is 0 Å². The lowest BCUT2D eigenvalue weighted by Gasteiger charge is -2.14. The number of hydrogen-bond donors (Lipinski definition) is 1. The Hall–Kier alpha value is -2.47. The van der Waals surface area contributed by atoms with Crippen molar-refractivity contribution in [2.24, 2.45) is 0 Å². The van der Waals surface area contributed by atoms with Crippen molar-refractivity contribution in [2.45, 2.75) is 52.9 Å². The van der Waals surface area contributed by atoms with Gasteiger partial charge < -0.3 is 5.32 Å². The Kier molecular flexibility index (Phi) is 5.46. The third-order valence-corrected chi connectivity index (χ3v) is 5.28. The van der Waals surface area contributed by atoms with Gasteiger partial charge in [0.1, 0.15) is 5.82 Å². The van der Waals surface area contributed by atoms with E-state index in [1.165, 1.54) is 0 Å². The van der Waals surface area contributed by atoms with Crippen LogP contribution in [0.25, 0.3) is 5.69 Å². The molecule has 1 amide bonds. The molecule has 2 aromatic heterocycles. The molecule has 0 radical (unpaired) electrons. The van der Waals surface area contributed by atoms with E-state index >= 15 is 0 Å². The number of carbonyl (C=O) groups is 1. The van der Waals surface area contributed by atoms with Gasteiger partial charge in [0.15, 0.2) is 0 Å². The summed E-state index contributed by atoms with van der Waals surface area (Å²) in [6, 6.07) is 10.1. The monoisotopic (exact) mass is 382 g/mol. The van der Waals surface area contributed by atoms with Crippen LogP contribution in [0, 0.1) is 6.92 Å². The van der Waals surface area contributed by atoms with Gasteiger partial charge in [0.05, 0.1) is 28.5 Å². The number of rotatable bonds is 5. The summed E-state index contributed by atoms with van der Waals surface area (Å²) >= 11 is 1.60. The van der Waals surface area contributed by atoms with Crippen LogP contribution in [0.15, 0.2) is 35.7 Å². The minimum atomic E-state index is -0.112. The van der Waals surface area contributed by atoms with E-state index in [0.717, 1.165) is 34.1 Å². The third-order valence-electron chi connectivity index (χ3n) is 4.23. The predicted octanol–water partition coefficient (Wildman–Crippen LogP) is 4.68. The van der Waals surface area contributed by atoms with E-state index in [2.05, 4.69) is 44.1 Å². The second-order valence-corrected chi connectivity index (χ2v) is 8.67. The summed E-state index contributed by atoms with van der Waals surface area (Å²) in [5.74, 6) is 0.596. The Bertz CT molecular complexity index is 949. The zero-order valence-electron chi connectivity index (χ0n) is 16.5. The molecule has 0 unspecified atom stereocenters. The van der Waals surface area contributed by atoms with E-state index < -0.39 is 0 Å². The summed E-state index contributed by atoms with van der Waals surface area (Å²) in [6.07, 6.45) is 1.15. The number of benzene rings is 1. The van der Waals surface area contributed by atoms with Gasteiger partial charge in [-0.25, -0.2) is 9.67 Å². The Morgan fingerprint density at radius 1 is 1.26 bits per heavy atom. The normalized spacial score (nSPS) is 11.6. The van der Waals surface area contributed by atoms with Crippen LogP contribution in [0.5, 0.6) is 0 Å². The van der Waals surface area contributed by atoms with Gasteiger partial charge in [-0.15, -0.1) is 11.3 Å². The SMILES string of the molecule is CCc1nc(CC(=O)Nc2cc(C(C)(C)C)nn2-c2cccc(C)c2)cs1. The standard InChI is InChI=1S/C21H26N4OS/c1-6-20-22-15(13-27-20)11-19(26)23-18-12-17(21(3,4)5)24-25(18)16-9-7-8-14(2)10-16/h7-10,12-13H,6,11H2,1-5H3,(H,23,26). The van der Waals surface area contributed by atoms with Crippen LogP contribution >= 0.6 is 11.3 Å². The first kappa shape index (κ1) is 19.3. The smallest absolute Gasteiger partial charge is 0.231 e. The molecular weight excluding hydrogens is 356 g/mol. The van der Waals surface area contributed by atoms with E-state index in [1.54, 1.807) is 11.3 Å².